The Morgan fingerprint density at radius 3 is 1.78 bits per heavy atom. The Hall–Kier alpha value is -2.67. The zero-order valence-electron chi connectivity index (χ0n) is 20.0. The highest BCUT2D eigenvalue weighted by Crippen LogP contribution is 2.33. The predicted molar refractivity (Wildman–Crippen MR) is 133 cm³/mol. The second kappa shape index (κ2) is 9.45. The molecule has 1 heterocycles. The Balaban J connectivity index is 2.20. The predicted octanol–water partition coefficient (Wildman–Crippen LogP) is 5.63. The standard InChI is InChI=1S/C25H34N4O2S/c1-16(2)19(6)29(20(7)17(3)4)25-24(26-22-10-8-9-11-23(22)27-25)28-32(30,31)21-14-12-18(5)13-15-21/h8-17,19-20H,1-7H3,(H,26,28). The van der Waals surface area contributed by atoms with Crippen molar-refractivity contribution in [3.05, 3.63) is 54.1 Å². The van der Waals surface area contributed by atoms with E-state index in [1.165, 1.54) is 0 Å². The molecular formula is C25H34N4O2S. The summed E-state index contributed by atoms with van der Waals surface area (Å²) in [6.45, 7) is 14.9. The Labute approximate surface area is 192 Å². The third kappa shape index (κ3) is 5.04. The first-order valence-corrected chi connectivity index (χ1v) is 12.6. The SMILES string of the molecule is Cc1ccc(S(=O)(=O)Nc2nc3ccccc3nc2N(C(C)C(C)C)C(C)C(C)C)cc1. The summed E-state index contributed by atoms with van der Waals surface area (Å²) >= 11 is 0. The van der Waals surface area contributed by atoms with Gasteiger partial charge in [0.15, 0.2) is 11.6 Å². The maximum atomic E-state index is 13.2. The van der Waals surface area contributed by atoms with Crippen LogP contribution in [-0.4, -0.2) is 30.5 Å². The first-order chi connectivity index (χ1) is 15.0. The van der Waals surface area contributed by atoms with Crippen LogP contribution < -0.4 is 9.62 Å². The largest absolute Gasteiger partial charge is 0.348 e. The summed E-state index contributed by atoms with van der Waals surface area (Å²) in [6.07, 6.45) is 0. The van der Waals surface area contributed by atoms with Gasteiger partial charge in [0.2, 0.25) is 0 Å². The molecule has 0 saturated carbocycles. The second-order valence-corrected chi connectivity index (χ2v) is 10.9. The molecule has 0 amide bonds. The molecule has 1 N–H and O–H groups in total. The van der Waals surface area contributed by atoms with Crippen LogP contribution in [-0.2, 0) is 10.0 Å². The van der Waals surface area contributed by atoms with Crippen LogP contribution in [0.2, 0.25) is 0 Å². The molecule has 7 heteroatoms. The van der Waals surface area contributed by atoms with E-state index >= 15 is 0 Å². The number of nitrogens with one attached hydrogen (secondary N) is 1. The summed E-state index contributed by atoms with van der Waals surface area (Å²) in [5, 5.41) is 0. The highest BCUT2D eigenvalue weighted by molar-refractivity contribution is 7.92. The average Bonchev–Trinajstić information content (AvgIpc) is 2.73. The number of aryl methyl sites for hydroxylation is 1. The molecule has 0 fully saturated rings. The lowest BCUT2D eigenvalue weighted by Gasteiger charge is -2.40. The average molecular weight is 455 g/mol. The topological polar surface area (TPSA) is 75.2 Å². The summed E-state index contributed by atoms with van der Waals surface area (Å²) in [5.74, 6) is 1.49. The number of aromatic nitrogens is 2. The molecule has 3 aromatic rings. The maximum absolute atomic E-state index is 13.2. The van der Waals surface area contributed by atoms with Crippen molar-refractivity contribution < 1.29 is 8.42 Å². The summed E-state index contributed by atoms with van der Waals surface area (Å²) in [7, 11) is -3.83. The smallest absolute Gasteiger partial charge is 0.263 e. The highest BCUT2D eigenvalue weighted by Gasteiger charge is 2.30. The zero-order valence-corrected chi connectivity index (χ0v) is 20.8. The van der Waals surface area contributed by atoms with Crippen molar-refractivity contribution in [2.75, 3.05) is 9.62 Å². The monoisotopic (exact) mass is 454 g/mol. The zero-order chi connectivity index (χ0) is 23.6. The van der Waals surface area contributed by atoms with Crippen molar-refractivity contribution in [1.82, 2.24) is 9.97 Å². The van der Waals surface area contributed by atoms with Crippen LogP contribution in [0.15, 0.2) is 53.4 Å². The number of fused-ring (bicyclic) bond motifs is 1. The van der Waals surface area contributed by atoms with Crippen molar-refractivity contribution in [2.24, 2.45) is 11.8 Å². The maximum Gasteiger partial charge on any atom is 0.263 e. The number of hydrogen-bond donors (Lipinski definition) is 1. The molecule has 0 spiro atoms. The van der Waals surface area contributed by atoms with Gasteiger partial charge in [0.25, 0.3) is 10.0 Å². The summed E-state index contributed by atoms with van der Waals surface area (Å²) in [5.41, 5.74) is 2.38. The van der Waals surface area contributed by atoms with Gasteiger partial charge in [-0.3, -0.25) is 4.72 Å². The molecule has 172 valence electrons. The molecule has 32 heavy (non-hydrogen) atoms. The lowest BCUT2D eigenvalue weighted by molar-refractivity contribution is 0.392. The van der Waals surface area contributed by atoms with E-state index in [0.29, 0.717) is 23.2 Å². The van der Waals surface area contributed by atoms with Crippen molar-refractivity contribution in [2.45, 2.75) is 65.4 Å². The van der Waals surface area contributed by atoms with E-state index in [-0.39, 0.29) is 22.8 Å². The highest BCUT2D eigenvalue weighted by atomic mass is 32.2. The van der Waals surface area contributed by atoms with Crippen LogP contribution in [0.5, 0.6) is 0 Å². The molecule has 2 atom stereocenters. The number of anilines is 2. The van der Waals surface area contributed by atoms with Gasteiger partial charge < -0.3 is 4.90 Å². The molecule has 2 unspecified atom stereocenters. The summed E-state index contributed by atoms with van der Waals surface area (Å²) in [4.78, 5) is 12.0. The fourth-order valence-corrected chi connectivity index (χ4v) is 4.55. The normalized spacial score (nSPS) is 14.0. The van der Waals surface area contributed by atoms with E-state index in [2.05, 4.69) is 51.2 Å². The van der Waals surface area contributed by atoms with E-state index in [4.69, 9.17) is 9.97 Å². The third-order valence-electron chi connectivity index (χ3n) is 6.17. The van der Waals surface area contributed by atoms with Gasteiger partial charge in [-0.25, -0.2) is 18.4 Å². The molecule has 2 aromatic carbocycles. The lowest BCUT2D eigenvalue weighted by Crippen LogP contribution is -2.46. The van der Waals surface area contributed by atoms with Crippen LogP contribution in [0.4, 0.5) is 11.6 Å². The van der Waals surface area contributed by atoms with Gasteiger partial charge >= 0.3 is 0 Å². The number of sulfonamides is 1. The van der Waals surface area contributed by atoms with E-state index in [1.54, 1.807) is 24.3 Å². The fourth-order valence-electron chi connectivity index (χ4n) is 3.54. The molecule has 0 aliphatic carbocycles. The molecule has 0 bridgehead atoms. The van der Waals surface area contributed by atoms with Crippen molar-refractivity contribution in [3.8, 4) is 0 Å². The number of nitrogens with zero attached hydrogens (tertiary/aromatic N) is 3. The minimum atomic E-state index is -3.83. The van der Waals surface area contributed by atoms with E-state index in [9.17, 15) is 8.42 Å². The minimum absolute atomic E-state index is 0.130. The lowest BCUT2D eigenvalue weighted by atomic mass is 9.97. The molecule has 0 saturated heterocycles. The Bertz CT molecular complexity index is 1160. The first kappa shape index (κ1) is 24.0. The van der Waals surface area contributed by atoms with Gasteiger partial charge in [-0.1, -0.05) is 57.5 Å². The molecule has 0 aliphatic heterocycles. The molecule has 3 rings (SSSR count). The van der Waals surface area contributed by atoms with Crippen LogP contribution in [0.25, 0.3) is 11.0 Å². The number of benzene rings is 2. The van der Waals surface area contributed by atoms with Gasteiger partial charge in [-0.2, -0.15) is 0 Å². The summed E-state index contributed by atoms with van der Waals surface area (Å²) < 4.78 is 29.2. The van der Waals surface area contributed by atoms with E-state index in [0.717, 1.165) is 11.1 Å². The Morgan fingerprint density at radius 1 is 0.781 bits per heavy atom. The fraction of sp³-hybridized carbons (Fsp3) is 0.440. The molecule has 0 aliphatic rings. The summed E-state index contributed by atoms with van der Waals surface area (Å²) in [6, 6.07) is 14.6. The minimum Gasteiger partial charge on any atom is -0.348 e. The number of hydrogen-bond acceptors (Lipinski definition) is 5. The van der Waals surface area contributed by atoms with Crippen LogP contribution >= 0.6 is 0 Å². The Kier molecular flexibility index (Phi) is 7.08. The molecule has 1 aromatic heterocycles. The van der Waals surface area contributed by atoms with Gasteiger partial charge in [0.1, 0.15) is 0 Å². The second-order valence-electron chi connectivity index (χ2n) is 9.18. The Morgan fingerprint density at radius 2 is 1.28 bits per heavy atom. The van der Waals surface area contributed by atoms with Gasteiger partial charge in [0.05, 0.1) is 15.9 Å². The number of rotatable bonds is 8. The van der Waals surface area contributed by atoms with Crippen LogP contribution in [0.1, 0.15) is 47.1 Å². The van der Waals surface area contributed by atoms with Crippen LogP contribution in [0, 0.1) is 18.8 Å². The van der Waals surface area contributed by atoms with Crippen molar-refractivity contribution in [3.63, 3.8) is 0 Å². The van der Waals surface area contributed by atoms with Crippen molar-refractivity contribution in [1.29, 1.82) is 0 Å². The quantitative estimate of drug-likeness (QED) is 0.477. The first-order valence-electron chi connectivity index (χ1n) is 11.2. The number of para-hydroxylation sites is 2. The van der Waals surface area contributed by atoms with Crippen molar-refractivity contribution >= 4 is 32.7 Å². The molecule has 0 radical (unpaired) electrons. The van der Waals surface area contributed by atoms with Gasteiger partial charge in [-0.05, 0) is 56.9 Å². The van der Waals surface area contributed by atoms with Gasteiger partial charge in [-0.15, -0.1) is 0 Å². The van der Waals surface area contributed by atoms with Gasteiger partial charge in [0, 0.05) is 12.1 Å². The van der Waals surface area contributed by atoms with Crippen LogP contribution in [0.3, 0.4) is 0 Å². The van der Waals surface area contributed by atoms with E-state index < -0.39 is 10.0 Å². The molecule has 6 nitrogen and oxygen atoms in total. The molecular weight excluding hydrogens is 420 g/mol. The van der Waals surface area contributed by atoms with E-state index in [1.807, 2.05) is 31.2 Å². The third-order valence-corrected chi connectivity index (χ3v) is 7.52.